The molecule has 0 aromatic rings. The van der Waals surface area contributed by atoms with Gasteiger partial charge >= 0.3 is 0 Å². The van der Waals surface area contributed by atoms with Crippen LogP contribution in [-0.4, -0.2) is 193 Å². The number of allylic oxidation sites excluding steroid dienone is 3. The number of hydrogen-bond donors (Lipinski definition) is 12. The Morgan fingerprint density at radius 2 is 0.618 bits per heavy atom. The van der Waals surface area contributed by atoms with Gasteiger partial charge in [0, 0.05) is 6.42 Å². The molecule has 0 radical (unpaired) electrons. The van der Waals surface area contributed by atoms with Gasteiger partial charge in [-0.1, -0.05) is 340 Å². The number of rotatable bonds is 69. The lowest BCUT2D eigenvalue weighted by molar-refractivity contribution is -0.379. The van der Waals surface area contributed by atoms with Crippen LogP contribution in [0.25, 0.3) is 0 Å². The molecule has 3 heterocycles. The van der Waals surface area contributed by atoms with Crippen molar-refractivity contribution in [3.8, 4) is 0 Å². The van der Waals surface area contributed by atoms with Gasteiger partial charge < -0.3 is 89.9 Å². The number of amides is 1. The van der Waals surface area contributed by atoms with Gasteiger partial charge in [-0.25, -0.2) is 0 Å². The Morgan fingerprint density at radius 3 is 0.951 bits per heavy atom. The van der Waals surface area contributed by atoms with E-state index in [1.165, 1.54) is 295 Å². The van der Waals surface area contributed by atoms with Crippen molar-refractivity contribution in [3.05, 3.63) is 24.3 Å². The van der Waals surface area contributed by atoms with E-state index in [1.54, 1.807) is 6.08 Å². The molecule has 1 amide bonds. The predicted octanol–water partition coefficient (Wildman–Crippen LogP) is 14.9. The summed E-state index contributed by atoms with van der Waals surface area (Å²) in [5.74, 6) is -0.267. The second kappa shape index (κ2) is 64.1. The molecule has 3 aliphatic rings. The summed E-state index contributed by atoms with van der Waals surface area (Å²) in [6, 6.07) is -0.972. The second-order valence-electron chi connectivity index (χ2n) is 30.6. The number of aliphatic hydroxyl groups is 11. The summed E-state index contributed by atoms with van der Waals surface area (Å²) in [6.07, 6.45) is 51.7. The van der Waals surface area contributed by atoms with Crippen LogP contribution in [0.1, 0.15) is 367 Å². The first-order valence-corrected chi connectivity index (χ1v) is 42.6. The van der Waals surface area contributed by atoms with Crippen LogP contribution in [0.15, 0.2) is 24.3 Å². The molecule has 17 unspecified atom stereocenters. The zero-order valence-electron chi connectivity index (χ0n) is 64.6. The number of nitrogens with one attached hydrogen (secondary N) is 1. The lowest BCUT2D eigenvalue weighted by atomic mass is 9.96. The van der Waals surface area contributed by atoms with Gasteiger partial charge in [-0.2, -0.15) is 0 Å². The Bertz CT molecular complexity index is 1940. The normalized spacial score (nSPS) is 26.2. The summed E-state index contributed by atoms with van der Waals surface area (Å²) in [5.41, 5.74) is 0. The van der Waals surface area contributed by atoms with Gasteiger partial charge in [-0.05, 0) is 44.9 Å². The summed E-state index contributed by atoms with van der Waals surface area (Å²) in [6.45, 7) is 1.80. The molecule has 19 heteroatoms. The molecule has 3 rings (SSSR count). The van der Waals surface area contributed by atoms with E-state index in [2.05, 4.69) is 31.3 Å². The summed E-state index contributed by atoms with van der Waals surface area (Å²) < 4.78 is 34.5. The summed E-state index contributed by atoms with van der Waals surface area (Å²) >= 11 is 0. The maximum Gasteiger partial charge on any atom is 0.220 e. The van der Waals surface area contributed by atoms with E-state index in [1.807, 2.05) is 6.08 Å². The fourth-order valence-corrected chi connectivity index (χ4v) is 14.7. The number of unbranched alkanes of at least 4 members (excludes halogenated alkanes) is 51. The molecule has 0 aromatic heterocycles. The topological polar surface area (TPSA) is 307 Å². The van der Waals surface area contributed by atoms with Crippen LogP contribution in [0.3, 0.4) is 0 Å². The average molecular weight is 1460 g/mol. The predicted molar refractivity (Wildman–Crippen MR) is 406 cm³/mol. The monoisotopic (exact) mass is 1460 g/mol. The highest BCUT2D eigenvalue weighted by molar-refractivity contribution is 5.76. The van der Waals surface area contributed by atoms with Crippen LogP contribution < -0.4 is 5.32 Å². The SMILES string of the molecule is CCCCCCCCCC/C=C\CCCCCCCCCCCCCCCCCCCCCC(=O)NC(COC1OC(CO)C(OC2OC(CO)C(OC3OC(CO)C(O)C(O)C3O)C(O)C2O)C(O)C1O)C(O)/C=C/CCCCCCCCCCCCCCCCCCCCCCCCCC. The van der Waals surface area contributed by atoms with E-state index in [9.17, 15) is 61.0 Å². The Labute approximate surface area is 619 Å². The summed E-state index contributed by atoms with van der Waals surface area (Å²) in [5, 5.41) is 121. The van der Waals surface area contributed by atoms with Crippen LogP contribution in [0.2, 0.25) is 0 Å². The summed E-state index contributed by atoms with van der Waals surface area (Å²) in [7, 11) is 0. The Balaban J connectivity index is 1.35. The first-order valence-electron chi connectivity index (χ1n) is 42.6. The molecule has 0 aromatic carbocycles. The van der Waals surface area contributed by atoms with Gasteiger partial charge in [-0.15, -0.1) is 0 Å². The van der Waals surface area contributed by atoms with Crippen molar-refractivity contribution in [1.82, 2.24) is 5.32 Å². The highest BCUT2D eigenvalue weighted by Gasteiger charge is 2.54. The van der Waals surface area contributed by atoms with Crippen molar-refractivity contribution in [2.45, 2.75) is 471 Å². The standard InChI is InChI=1S/C83H157NO18/c1-3-5-7-9-11-13-15-17-19-21-23-25-27-29-31-32-33-34-35-37-39-41-43-45-47-49-51-53-55-57-59-61-71(89)84-66(67(88)60-58-56-54-52-50-48-46-44-42-40-38-36-30-28-26-24-22-20-18-16-14-12-10-8-6-4-2)65-97-81-77(95)74(92)79(69(63-86)99-81)102-83-78(96)75(93)80(70(64-87)100-83)101-82-76(94)73(91)72(90)68(62-85)98-82/h21,23,58,60,66-70,72-83,85-88,90-96H,3-20,22,24-57,59,61-65H2,1-2H3,(H,84,89)/b23-21-,60-58+. The lowest BCUT2D eigenvalue weighted by Gasteiger charge is -2.48. The zero-order chi connectivity index (χ0) is 73.9. The third-order valence-electron chi connectivity index (χ3n) is 21.5. The molecule has 0 spiro atoms. The first kappa shape index (κ1) is 94.5. The molecule has 12 N–H and O–H groups in total. The van der Waals surface area contributed by atoms with Gasteiger partial charge in [-0.3, -0.25) is 4.79 Å². The van der Waals surface area contributed by atoms with Crippen LogP contribution in [-0.2, 0) is 33.2 Å². The van der Waals surface area contributed by atoms with Crippen molar-refractivity contribution in [3.63, 3.8) is 0 Å². The van der Waals surface area contributed by atoms with Gasteiger partial charge in [0.1, 0.15) is 73.2 Å². The number of ether oxygens (including phenoxy) is 6. The Kier molecular flexibility index (Phi) is 59.4. The van der Waals surface area contributed by atoms with Gasteiger partial charge in [0.25, 0.3) is 0 Å². The fourth-order valence-electron chi connectivity index (χ4n) is 14.7. The number of carbonyl (C=O) groups is 1. The third kappa shape index (κ3) is 43.5. The molecule has 0 aliphatic carbocycles. The maximum atomic E-state index is 13.5. The first-order chi connectivity index (χ1) is 49.8. The average Bonchev–Trinajstić information content (AvgIpc) is 0.781. The van der Waals surface area contributed by atoms with Crippen molar-refractivity contribution in [1.29, 1.82) is 0 Å². The van der Waals surface area contributed by atoms with Crippen LogP contribution in [0.5, 0.6) is 0 Å². The minimum absolute atomic E-state index is 0.248. The van der Waals surface area contributed by atoms with E-state index in [0.717, 1.165) is 44.9 Å². The number of hydrogen-bond acceptors (Lipinski definition) is 18. The Morgan fingerprint density at radius 1 is 0.343 bits per heavy atom. The Hall–Kier alpha value is -1.73. The third-order valence-corrected chi connectivity index (χ3v) is 21.5. The van der Waals surface area contributed by atoms with Crippen LogP contribution in [0, 0.1) is 0 Å². The van der Waals surface area contributed by atoms with Gasteiger partial charge in [0.2, 0.25) is 5.91 Å². The van der Waals surface area contributed by atoms with Crippen LogP contribution >= 0.6 is 0 Å². The van der Waals surface area contributed by atoms with E-state index in [0.29, 0.717) is 6.42 Å². The van der Waals surface area contributed by atoms with Gasteiger partial charge in [0.05, 0.1) is 38.6 Å². The molecule has 3 saturated heterocycles. The smallest absolute Gasteiger partial charge is 0.220 e. The quantitative estimate of drug-likeness (QED) is 0.0199. The molecule has 3 aliphatic heterocycles. The van der Waals surface area contributed by atoms with Crippen molar-refractivity contribution in [2.24, 2.45) is 0 Å². The van der Waals surface area contributed by atoms with Crippen molar-refractivity contribution in [2.75, 3.05) is 26.4 Å². The highest BCUT2D eigenvalue weighted by atomic mass is 16.8. The summed E-state index contributed by atoms with van der Waals surface area (Å²) in [4.78, 5) is 13.5. The van der Waals surface area contributed by atoms with Crippen molar-refractivity contribution >= 4 is 5.91 Å². The second-order valence-corrected chi connectivity index (χ2v) is 30.6. The zero-order valence-corrected chi connectivity index (χ0v) is 64.6. The molecule has 602 valence electrons. The molecule has 3 fully saturated rings. The molecular weight excluding hydrogens is 1300 g/mol. The van der Waals surface area contributed by atoms with E-state index in [4.69, 9.17) is 28.4 Å². The minimum atomic E-state index is -1.98. The molecule has 0 saturated carbocycles. The van der Waals surface area contributed by atoms with Gasteiger partial charge in [0.15, 0.2) is 18.9 Å². The van der Waals surface area contributed by atoms with Crippen LogP contribution in [0.4, 0.5) is 0 Å². The molecule has 19 nitrogen and oxygen atoms in total. The maximum absolute atomic E-state index is 13.5. The van der Waals surface area contributed by atoms with E-state index in [-0.39, 0.29) is 18.9 Å². The highest BCUT2D eigenvalue weighted by Crippen LogP contribution is 2.33. The molecular formula is C83H157NO18. The largest absolute Gasteiger partial charge is 0.394 e. The fraction of sp³-hybridized carbons (Fsp3) is 0.940. The minimum Gasteiger partial charge on any atom is -0.394 e. The number of carbonyl (C=O) groups excluding carboxylic acids is 1. The number of aliphatic hydroxyl groups excluding tert-OH is 11. The van der Waals surface area contributed by atoms with E-state index < -0.39 is 124 Å². The molecule has 0 bridgehead atoms. The molecule has 102 heavy (non-hydrogen) atoms. The molecule has 17 atom stereocenters. The lowest BCUT2D eigenvalue weighted by Crippen LogP contribution is -2.66. The van der Waals surface area contributed by atoms with E-state index >= 15 is 0 Å². The van der Waals surface area contributed by atoms with Crippen molar-refractivity contribution < 1.29 is 89.4 Å².